The molecule has 0 spiro atoms. The van der Waals surface area contributed by atoms with Gasteiger partial charge in [-0.15, -0.1) is 0 Å². The third-order valence-corrected chi connectivity index (χ3v) is 12.5. The molecule has 1 N–H and O–H groups in total. The van der Waals surface area contributed by atoms with Crippen LogP contribution in [0.4, 0.5) is 5.82 Å². The first-order valence-corrected chi connectivity index (χ1v) is 16.6. The first-order chi connectivity index (χ1) is 17.5. The molecule has 4 rings (SSSR count). The zero-order valence-electron chi connectivity index (χ0n) is 21.9. The lowest BCUT2D eigenvalue weighted by molar-refractivity contribution is -0.0373. The second-order valence-electron chi connectivity index (χ2n) is 10.4. The van der Waals surface area contributed by atoms with Gasteiger partial charge in [0.2, 0.25) is 4.38 Å². The maximum absolute atomic E-state index is 12.7. The molecule has 12 heteroatoms. The van der Waals surface area contributed by atoms with E-state index < -0.39 is 8.32 Å². The molecule has 0 bridgehead atoms. The molecule has 1 amide bonds. The Labute approximate surface area is 227 Å². The minimum atomic E-state index is -1.99. The zero-order chi connectivity index (χ0) is 26.8. The zero-order valence-corrected chi connectivity index (χ0v) is 24.6. The third-order valence-electron chi connectivity index (χ3n) is 6.95. The number of nitrogens with one attached hydrogen (secondary N) is 1. The number of fused-ring (bicyclic) bond motifs is 1. The van der Waals surface area contributed by atoms with Gasteiger partial charge >= 0.3 is 0 Å². The van der Waals surface area contributed by atoms with Crippen LogP contribution in [0.25, 0.3) is 11.2 Å². The van der Waals surface area contributed by atoms with Crippen molar-refractivity contribution in [1.82, 2.24) is 19.5 Å². The molecule has 1 fully saturated rings. The van der Waals surface area contributed by atoms with Crippen LogP contribution in [0.1, 0.15) is 43.8 Å². The van der Waals surface area contributed by atoms with Gasteiger partial charge in [-0.1, -0.05) is 50.7 Å². The number of aromatic nitrogens is 4. The number of ether oxygens (including phenoxy) is 2. The average molecular weight is 560 g/mol. The molecule has 0 saturated carbocycles. The van der Waals surface area contributed by atoms with Gasteiger partial charge in [-0.25, -0.2) is 15.0 Å². The van der Waals surface area contributed by atoms with Crippen molar-refractivity contribution in [3.05, 3.63) is 48.5 Å². The highest BCUT2D eigenvalue weighted by molar-refractivity contribution is 8.22. The Hall–Kier alpha value is -2.38. The summed E-state index contributed by atoms with van der Waals surface area (Å²) in [4.78, 5) is 25.9. The van der Waals surface area contributed by atoms with E-state index in [1.54, 1.807) is 18.5 Å². The molecule has 37 heavy (non-hydrogen) atoms. The van der Waals surface area contributed by atoms with Gasteiger partial charge in [0.1, 0.15) is 24.8 Å². The van der Waals surface area contributed by atoms with Gasteiger partial charge in [0.25, 0.3) is 5.91 Å². The van der Waals surface area contributed by atoms with E-state index in [2.05, 4.69) is 54.1 Å². The van der Waals surface area contributed by atoms with Crippen molar-refractivity contribution in [2.45, 2.75) is 63.8 Å². The Morgan fingerprint density at radius 3 is 2.65 bits per heavy atom. The lowest BCUT2D eigenvalue weighted by Gasteiger charge is -2.37. The van der Waals surface area contributed by atoms with Gasteiger partial charge in [-0.2, -0.15) is 0 Å². The van der Waals surface area contributed by atoms with E-state index in [4.69, 9.17) is 26.1 Å². The maximum Gasteiger partial charge on any atom is 0.256 e. The lowest BCUT2D eigenvalue weighted by Crippen LogP contribution is -2.44. The molecular formula is C25H33N5O4S2Si. The van der Waals surface area contributed by atoms with Crippen molar-refractivity contribution in [2.75, 3.05) is 18.2 Å². The molecule has 3 atom stereocenters. The standard InChI is InChI=1S/C25H33N5O4S2Si/c1-25(2,3)37(5,6)32-13-18-17(34-24(35)36-4)12-19(33-18)30-15-28-20-21(26-14-27-22(20)30)29-23(31)16-10-8-7-9-11-16/h7-11,14-15,17-19H,12-13H2,1-6H3,(H,26,27,29,31)/t17-,18+,19-/m1/s1. The first-order valence-electron chi connectivity index (χ1n) is 12.1. The molecule has 1 aromatic carbocycles. The number of anilines is 1. The Morgan fingerprint density at radius 1 is 1.24 bits per heavy atom. The first kappa shape index (κ1) is 27.6. The van der Waals surface area contributed by atoms with E-state index in [0.717, 1.165) is 0 Å². The monoisotopic (exact) mass is 559 g/mol. The fourth-order valence-corrected chi connectivity index (χ4v) is 5.10. The van der Waals surface area contributed by atoms with E-state index in [1.165, 1.54) is 18.1 Å². The number of thioether (sulfide) groups is 1. The third kappa shape index (κ3) is 6.20. The van der Waals surface area contributed by atoms with Crippen molar-refractivity contribution in [1.29, 1.82) is 0 Å². The van der Waals surface area contributed by atoms with Crippen LogP contribution in [0.5, 0.6) is 0 Å². The van der Waals surface area contributed by atoms with E-state index >= 15 is 0 Å². The number of thiocarbonyl (C=S) groups is 1. The second-order valence-corrected chi connectivity index (χ2v) is 16.6. The predicted molar refractivity (Wildman–Crippen MR) is 152 cm³/mol. The van der Waals surface area contributed by atoms with E-state index in [1.807, 2.05) is 29.0 Å². The highest BCUT2D eigenvalue weighted by atomic mass is 32.2. The largest absolute Gasteiger partial charge is 0.472 e. The van der Waals surface area contributed by atoms with Gasteiger partial charge in [0.15, 0.2) is 25.3 Å². The van der Waals surface area contributed by atoms with Crippen LogP contribution in [0, 0.1) is 0 Å². The lowest BCUT2D eigenvalue weighted by atomic mass is 10.2. The maximum atomic E-state index is 12.7. The summed E-state index contributed by atoms with van der Waals surface area (Å²) in [5.41, 5.74) is 1.57. The predicted octanol–water partition coefficient (Wildman–Crippen LogP) is 5.42. The molecule has 3 heterocycles. The molecule has 2 aromatic heterocycles. The summed E-state index contributed by atoms with van der Waals surface area (Å²) in [6.45, 7) is 11.5. The minimum absolute atomic E-state index is 0.0774. The second kappa shape index (κ2) is 11.2. The number of imidazole rings is 1. The number of carbonyl (C=O) groups is 1. The van der Waals surface area contributed by atoms with E-state index in [0.29, 0.717) is 40.0 Å². The number of nitrogens with zero attached hydrogens (tertiary/aromatic N) is 4. The number of benzene rings is 1. The normalized spacial score (nSPS) is 20.2. The van der Waals surface area contributed by atoms with Crippen LogP contribution in [-0.2, 0) is 13.9 Å². The molecular weight excluding hydrogens is 527 g/mol. The molecule has 0 unspecified atom stereocenters. The number of rotatable bonds is 7. The average Bonchev–Trinajstić information content (AvgIpc) is 3.47. The Morgan fingerprint density at radius 2 is 1.97 bits per heavy atom. The summed E-state index contributed by atoms with van der Waals surface area (Å²) in [7, 11) is -1.99. The van der Waals surface area contributed by atoms with Crippen LogP contribution >= 0.6 is 24.0 Å². The SMILES string of the molecule is CSC(=S)O[C@@H]1C[C@H](n2cnc3c(NC(=O)c4ccccc4)ncnc32)O[C@H]1CO[Si](C)(C)C(C)(C)C. The summed E-state index contributed by atoms with van der Waals surface area (Å²) in [6.07, 6.45) is 4.54. The smallest absolute Gasteiger partial charge is 0.256 e. The number of hydrogen-bond acceptors (Lipinski definition) is 9. The number of carbonyl (C=O) groups excluding carboxylic acids is 1. The molecule has 198 valence electrons. The van der Waals surface area contributed by atoms with Crippen molar-refractivity contribution in [2.24, 2.45) is 0 Å². The Kier molecular flexibility index (Phi) is 8.34. The molecule has 9 nitrogen and oxygen atoms in total. The molecule has 1 aliphatic heterocycles. The van der Waals surface area contributed by atoms with Gasteiger partial charge in [-0.3, -0.25) is 9.36 Å². The molecule has 0 radical (unpaired) electrons. The van der Waals surface area contributed by atoms with E-state index in [-0.39, 0.29) is 29.4 Å². The van der Waals surface area contributed by atoms with Crippen molar-refractivity contribution in [3.8, 4) is 0 Å². The van der Waals surface area contributed by atoms with Crippen molar-refractivity contribution < 1.29 is 18.7 Å². The minimum Gasteiger partial charge on any atom is -0.472 e. The molecule has 3 aromatic rings. The van der Waals surface area contributed by atoms with Crippen molar-refractivity contribution in [3.63, 3.8) is 0 Å². The van der Waals surface area contributed by atoms with Gasteiger partial charge in [0.05, 0.1) is 12.9 Å². The Balaban J connectivity index is 1.55. The number of amides is 1. The van der Waals surface area contributed by atoms with Gasteiger partial charge in [0, 0.05) is 12.0 Å². The fraction of sp³-hybridized carbons (Fsp3) is 0.480. The summed E-state index contributed by atoms with van der Waals surface area (Å²) in [5.74, 6) is 0.0684. The Bertz CT molecular complexity index is 1260. The van der Waals surface area contributed by atoms with Gasteiger partial charge in [-0.05, 0) is 48.7 Å². The van der Waals surface area contributed by atoms with Crippen LogP contribution < -0.4 is 5.32 Å². The number of hydrogen-bond donors (Lipinski definition) is 1. The highest BCUT2D eigenvalue weighted by Crippen LogP contribution is 2.39. The molecule has 1 saturated heterocycles. The summed E-state index contributed by atoms with van der Waals surface area (Å²) in [5, 5.41) is 2.92. The summed E-state index contributed by atoms with van der Waals surface area (Å²) < 4.78 is 21.3. The molecule has 1 aliphatic rings. The van der Waals surface area contributed by atoms with Gasteiger partial charge < -0.3 is 19.2 Å². The summed E-state index contributed by atoms with van der Waals surface area (Å²) >= 11 is 6.74. The quantitative estimate of drug-likeness (QED) is 0.300. The summed E-state index contributed by atoms with van der Waals surface area (Å²) in [6, 6.07) is 8.95. The van der Waals surface area contributed by atoms with Crippen LogP contribution in [0.3, 0.4) is 0 Å². The highest BCUT2D eigenvalue weighted by Gasteiger charge is 2.43. The fourth-order valence-electron chi connectivity index (χ4n) is 3.75. The van der Waals surface area contributed by atoms with Crippen molar-refractivity contribution >= 4 is 59.6 Å². The van der Waals surface area contributed by atoms with Crippen LogP contribution in [0.2, 0.25) is 18.1 Å². The van der Waals surface area contributed by atoms with Crippen LogP contribution in [0.15, 0.2) is 43.0 Å². The van der Waals surface area contributed by atoms with Crippen LogP contribution in [-0.4, -0.2) is 63.2 Å². The molecule has 0 aliphatic carbocycles. The topological polar surface area (TPSA) is 100 Å². The van der Waals surface area contributed by atoms with E-state index in [9.17, 15) is 4.79 Å².